The first kappa shape index (κ1) is 12.7. The SMILES string of the molecule is CCN(CC)C(=O)N(CC)CC(=N)N. The van der Waals surface area contributed by atoms with Crippen LogP contribution in [0.5, 0.6) is 0 Å². The molecule has 0 aromatic rings. The van der Waals surface area contributed by atoms with Gasteiger partial charge in [0.2, 0.25) is 0 Å². The van der Waals surface area contributed by atoms with Crippen LogP contribution in [-0.2, 0) is 0 Å². The Morgan fingerprint density at radius 3 is 1.86 bits per heavy atom. The maximum absolute atomic E-state index is 11.8. The molecule has 0 atom stereocenters. The third-order valence-electron chi connectivity index (χ3n) is 2.05. The molecule has 0 aliphatic carbocycles. The molecule has 0 aliphatic rings. The Bertz CT molecular complexity index is 201. The van der Waals surface area contributed by atoms with Gasteiger partial charge in [0.25, 0.3) is 0 Å². The highest BCUT2D eigenvalue weighted by Crippen LogP contribution is 1.98. The van der Waals surface area contributed by atoms with Crippen molar-refractivity contribution in [3.63, 3.8) is 0 Å². The van der Waals surface area contributed by atoms with Crippen molar-refractivity contribution in [2.75, 3.05) is 26.2 Å². The molecule has 0 saturated heterocycles. The van der Waals surface area contributed by atoms with Crippen molar-refractivity contribution in [3.8, 4) is 0 Å². The van der Waals surface area contributed by atoms with Crippen molar-refractivity contribution >= 4 is 11.9 Å². The topological polar surface area (TPSA) is 73.4 Å². The second kappa shape index (κ2) is 6.23. The predicted octanol–water partition coefficient (Wildman–Crippen LogP) is 0.706. The Hall–Kier alpha value is -1.26. The molecule has 5 nitrogen and oxygen atoms in total. The van der Waals surface area contributed by atoms with Crippen LogP contribution in [0.2, 0.25) is 0 Å². The average Bonchev–Trinajstić information content (AvgIpc) is 2.15. The minimum Gasteiger partial charge on any atom is -0.386 e. The number of amidine groups is 1. The summed E-state index contributed by atoms with van der Waals surface area (Å²) in [7, 11) is 0. The lowest BCUT2D eigenvalue weighted by Crippen LogP contribution is -2.46. The van der Waals surface area contributed by atoms with E-state index in [1.54, 1.807) is 9.80 Å². The lowest BCUT2D eigenvalue weighted by molar-refractivity contribution is 0.166. The molecule has 82 valence electrons. The molecular formula is C9H20N4O. The molecule has 0 aliphatic heterocycles. The molecular weight excluding hydrogens is 180 g/mol. The van der Waals surface area contributed by atoms with Crippen LogP contribution in [0, 0.1) is 5.41 Å². The van der Waals surface area contributed by atoms with Crippen molar-refractivity contribution < 1.29 is 4.79 Å². The first-order valence-electron chi connectivity index (χ1n) is 4.93. The molecule has 2 amide bonds. The zero-order chi connectivity index (χ0) is 11.1. The van der Waals surface area contributed by atoms with E-state index >= 15 is 0 Å². The zero-order valence-electron chi connectivity index (χ0n) is 9.21. The second-order valence-corrected chi connectivity index (χ2v) is 2.99. The number of carbonyl (C=O) groups is 1. The Morgan fingerprint density at radius 2 is 1.57 bits per heavy atom. The molecule has 14 heavy (non-hydrogen) atoms. The minimum atomic E-state index is -0.0484. The molecule has 0 fully saturated rings. The van der Waals surface area contributed by atoms with Gasteiger partial charge in [0.05, 0.1) is 6.54 Å². The van der Waals surface area contributed by atoms with E-state index in [9.17, 15) is 4.79 Å². The molecule has 0 saturated carbocycles. The maximum atomic E-state index is 11.8. The number of hydrogen-bond acceptors (Lipinski definition) is 2. The van der Waals surface area contributed by atoms with E-state index in [2.05, 4.69) is 0 Å². The Morgan fingerprint density at radius 1 is 1.14 bits per heavy atom. The Balaban J connectivity index is 4.35. The number of nitrogens with two attached hydrogens (primary N) is 1. The molecule has 0 aromatic carbocycles. The first-order valence-corrected chi connectivity index (χ1v) is 4.93. The van der Waals surface area contributed by atoms with E-state index in [1.165, 1.54) is 0 Å². The van der Waals surface area contributed by atoms with Crippen LogP contribution in [0.4, 0.5) is 4.79 Å². The molecule has 0 aromatic heterocycles. The molecule has 0 heterocycles. The van der Waals surface area contributed by atoms with Gasteiger partial charge in [-0.25, -0.2) is 4.79 Å². The number of nitrogens with one attached hydrogen (secondary N) is 1. The van der Waals surface area contributed by atoms with Crippen LogP contribution in [0.3, 0.4) is 0 Å². The van der Waals surface area contributed by atoms with Gasteiger partial charge in [-0.1, -0.05) is 0 Å². The van der Waals surface area contributed by atoms with Gasteiger partial charge in [-0.3, -0.25) is 5.41 Å². The summed E-state index contributed by atoms with van der Waals surface area (Å²) in [5.74, 6) is 0.0207. The molecule has 3 N–H and O–H groups in total. The Kier molecular flexibility index (Phi) is 5.67. The van der Waals surface area contributed by atoms with E-state index in [0.717, 1.165) is 0 Å². The summed E-state index contributed by atoms with van der Waals surface area (Å²) in [6.07, 6.45) is 0. The highest BCUT2D eigenvalue weighted by Gasteiger charge is 2.17. The van der Waals surface area contributed by atoms with E-state index in [-0.39, 0.29) is 18.4 Å². The number of carbonyl (C=O) groups excluding carboxylic acids is 1. The van der Waals surface area contributed by atoms with Crippen LogP contribution >= 0.6 is 0 Å². The van der Waals surface area contributed by atoms with Crippen molar-refractivity contribution in [1.29, 1.82) is 5.41 Å². The minimum absolute atomic E-state index is 0.0207. The maximum Gasteiger partial charge on any atom is 0.320 e. The molecule has 0 spiro atoms. The summed E-state index contributed by atoms with van der Waals surface area (Å²) in [4.78, 5) is 15.1. The highest BCUT2D eigenvalue weighted by atomic mass is 16.2. The fourth-order valence-corrected chi connectivity index (χ4v) is 1.21. The summed E-state index contributed by atoms with van der Waals surface area (Å²) in [5.41, 5.74) is 5.26. The average molecular weight is 200 g/mol. The van der Waals surface area contributed by atoms with Gasteiger partial charge in [-0.2, -0.15) is 0 Å². The summed E-state index contributed by atoms with van der Waals surface area (Å²) in [6, 6.07) is -0.0484. The summed E-state index contributed by atoms with van der Waals surface area (Å²) in [6.45, 7) is 7.91. The normalized spacial score (nSPS) is 9.64. The van der Waals surface area contributed by atoms with Gasteiger partial charge >= 0.3 is 6.03 Å². The summed E-state index contributed by atoms with van der Waals surface area (Å²) in [5, 5.41) is 7.14. The quantitative estimate of drug-likeness (QED) is 0.506. The van der Waals surface area contributed by atoms with Crippen LogP contribution < -0.4 is 5.73 Å². The van der Waals surface area contributed by atoms with E-state index < -0.39 is 0 Å². The molecule has 0 unspecified atom stereocenters. The third-order valence-corrected chi connectivity index (χ3v) is 2.05. The lowest BCUT2D eigenvalue weighted by Gasteiger charge is -2.27. The Labute approximate surface area is 85.4 Å². The molecule has 5 heteroatoms. The molecule has 0 radical (unpaired) electrons. The van der Waals surface area contributed by atoms with Crippen molar-refractivity contribution in [1.82, 2.24) is 9.80 Å². The monoisotopic (exact) mass is 200 g/mol. The van der Waals surface area contributed by atoms with Crippen molar-refractivity contribution in [2.45, 2.75) is 20.8 Å². The lowest BCUT2D eigenvalue weighted by atomic mass is 10.4. The summed E-state index contributed by atoms with van der Waals surface area (Å²) >= 11 is 0. The number of urea groups is 1. The van der Waals surface area contributed by atoms with Crippen LogP contribution in [0.1, 0.15) is 20.8 Å². The fourth-order valence-electron chi connectivity index (χ4n) is 1.21. The van der Waals surface area contributed by atoms with Crippen LogP contribution in [-0.4, -0.2) is 47.8 Å². The van der Waals surface area contributed by atoms with Crippen molar-refractivity contribution in [3.05, 3.63) is 0 Å². The number of likely N-dealkylation sites (N-methyl/N-ethyl adjacent to an activating group) is 1. The van der Waals surface area contributed by atoms with Crippen LogP contribution in [0.25, 0.3) is 0 Å². The van der Waals surface area contributed by atoms with E-state index in [0.29, 0.717) is 19.6 Å². The first-order chi connectivity index (χ1) is 6.56. The number of amides is 2. The van der Waals surface area contributed by atoms with Gasteiger partial charge in [-0.15, -0.1) is 0 Å². The number of rotatable bonds is 5. The molecule has 0 rings (SSSR count). The van der Waals surface area contributed by atoms with E-state index in [4.69, 9.17) is 11.1 Å². The second-order valence-electron chi connectivity index (χ2n) is 2.99. The smallest absolute Gasteiger partial charge is 0.320 e. The van der Waals surface area contributed by atoms with Crippen molar-refractivity contribution in [2.24, 2.45) is 5.73 Å². The molecule has 0 bridgehead atoms. The van der Waals surface area contributed by atoms with Gasteiger partial charge in [0.1, 0.15) is 5.84 Å². The summed E-state index contributed by atoms with van der Waals surface area (Å²) < 4.78 is 0. The van der Waals surface area contributed by atoms with Gasteiger partial charge in [0.15, 0.2) is 0 Å². The van der Waals surface area contributed by atoms with Crippen LogP contribution in [0.15, 0.2) is 0 Å². The standard InChI is InChI=1S/C9H20N4O/c1-4-12(5-2)9(14)13(6-3)7-8(10)11/h4-7H2,1-3H3,(H3,10,11). The number of hydrogen-bond donors (Lipinski definition) is 2. The highest BCUT2D eigenvalue weighted by molar-refractivity contribution is 5.84. The fraction of sp³-hybridized carbons (Fsp3) is 0.778. The predicted molar refractivity (Wildman–Crippen MR) is 57.5 cm³/mol. The third kappa shape index (κ3) is 3.64. The number of nitrogens with zero attached hydrogens (tertiary/aromatic N) is 2. The van der Waals surface area contributed by atoms with Gasteiger partial charge in [-0.05, 0) is 20.8 Å². The zero-order valence-corrected chi connectivity index (χ0v) is 9.21. The van der Waals surface area contributed by atoms with E-state index in [1.807, 2.05) is 20.8 Å². The largest absolute Gasteiger partial charge is 0.386 e. The van der Waals surface area contributed by atoms with Gasteiger partial charge in [0, 0.05) is 19.6 Å². The van der Waals surface area contributed by atoms with Gasteiger partial charge < -0.3 is 15.5 Å².